The summed E-state index contributed by atoms with van der Waals surface area (Å²) in [5, 5.41) is 4.37. The van der Waals surface area contributed by atoms with E-state index in [1.165, 1.54) is 0 Å². The first-order chi connectivity index (χ1) is 7.79. The van der Waals surface area contributed by atoms with Crippen LogP contribution in [0.1, 0.15) is 35.1 Å². The van der Waals surface area contributed by atoms with Crippen LogP contribution in [-0.4, -0.2) is 26.9 Å². The standard InChI is InChI=1S/C11H12N4O/c12-6-9(16)8-2-1-3-10-13-11(7-4-5-7)14-15(8)10/h1-3,7H,4-6,12H2. The Morgan fingerprint density at radius 2 is 2.31 bits per heavy atom. The number of hydrogen-bond acceptors (Lipinski definition) is 4. The maximum atomic E-state index is 11.6. The van der Waals surface area contributed by atoms with E-state index >= 15 is 0 Å². The van der Waals surface area contributed by atoms with Crippen LogP contribution in [-0.2, 0) is 0 Å². The molecule has 0 aliphatic heterocycles. The summed E-state index contributed by atoms with van der Waals surface area (Å²) < 4.78 is 1.60. The van der Waals surface area contributed by atoms with Crippen molar-refractivity contribution in [2.75, 3.05) is 6.54 Å². The first-order valence-corrected chi connectivity index (χ1v) is 5.38. The van der Waals surface area contributed by atoms with E-state index in [-0.39, 0.29) is 12.3 Å². The predicted molar refractivity (Wildman–Crippen MR) is 58.3 cm³/mol. The van der Waals surface area contributed by atoms with Gasteiger partial charge in [0.15, 0.2) is 17.3 Å². The number of pyridine rings is 1. The minimum atomic E-state index is -0.113. The Labute approximate surface area is 92.3 Å². The van der Waals surface area contributed by atoms with Crippen molar-refractivity contribution >= 4 is 11.4 Å². The number of rotatable bonds is 3. The van der Waals surface area contributed by atoms with Crippen LogP contribution in [0.15, 0.2) is 18.2 Å². The average Bonchev–Trinajstić information content (AvgIpc) is 3.07. The number of fused-ring (bicyclic) bond motifs is 1. The Hall–Kier alpha value is -1.75. The zero-order valence-corrected chi connectivity index (χ0v) is 8.76. The van der Waals surface area contributed by atoms with Gasteiger partial charge in [0.1, 0.15) is 5.69 Å². The monoisotopic (exact) mass is 216 g/mol. The highest BCUT2D eigenvalue weighted by Crippen LogP contribution is 2.38. The first kappa shape index (κ1) is 9.47. The minimum Gasteiger partial charge on any atom is -0.324 e. The second kappa shape index (κ2) is 3.38. The van der Waals surface area contributed by atoms with E-state index in [1.54, 1.807) is 10.6 Å². The van der Waals surface area contributed by atoms with E-state index in [0.29, 0.717) is 11.6 Å². The predicted octanol–water partition coefficient (Wildman–Crippen LogP) is 0.748. The average molecular weight is 216 g/mol. The summed E-state index contributed by atoms with van der Waals surface area (Å²) >= 11 is 0. The molecule has 3 rings (SSSR count). The fraction of sp³-hybridized carbons (Fsp3) is 0.364. The van der Waals surface area contributed by atoms with Crippen LogP contribution in [0, 0.1) is 0 Å². The van der Waals surface area contributed by atoms with Crippen molar-refractivity contribution in [1.29, 1.82) is 0 Å². The van der Waals surface area contributed by atoms with Crippen LogP contribution in [0.2, 0.25) is 0 Å². The topological polar surface area (TPSA) is 73.3 Å². The molecule has 1 aliphatic carbocycles. The van der Waals surface area contributed by atoms with E-state index in [9.17, 15) is 4.79 Å². The van der Waals surface area contributed by atoms with Gasteiger partial charge in [-0.15, -0.1) is 0 Å². The van der Waals surface area contributed by atoms with Gasteiger partial charge in [0.05, 0.1) is 6.54 Å². The third-order valence-corrected chi connectivity index (χ3v) is 2.79. The zero-order chi connectivity index (χ0) is 11.1. The number of nitrogens with two attached hydrogens (primary N) is 1. The molecular formula is C11H12N4O. The van der Waals surface area contributed by atoms with Crippen molar-refractivity contribution in [1.82, 2.24) is 14.6 Å². The SMILES string of the molecule is NCC(=O)c1cccc2nc(C3CC3)nn12. The zero-order valence-electron chi connectivity index (χ0n) is 8.76. The molecule has 0 aromatic carbocycles. The van der Waals surface area contributed by atoms with Gasteiger partial charge in [-0.1, -0.05) is 6.07 Å². The molecule has 1 saturated carbocycles. The molecule has 2 aromatic heterocycles. The molecule has 1 aliphatic rings. The Morgan fingerprint density at radius 1 is 1.50 bits per heavy atom. The number of hydrogen-bond donors (Lipinski definition) is 1. The van der Waals surface area contributed by atoms with E-state index < -0.39 is 0 Å². The fourth-order valence-electron chi connectivity index (χ4n) is 1.75. The van der Waals surface area contributed by atoms with Crippen molar-refractivity contribution in [2.24, 2.45) is 5.73 Å². The molecule has 5 heteroatoms. The molecule has 5 nitrogen and oxygen atoms in total. The summed E-state index contributed by atoms with van der Waals surface area (Å²) in [5.41, 5.74) is 6.60. The van der Waals surface area contributed by atoms with Crippen LogP contribution in [0.5, 0.6) is 0 Å². The lowest BCUT2D eigenvalue weighted by molar-refractivity contribution is 0.0994. The molecule has 0 saturated heterocycles. The van der Waals surface area contributed by atoms with E-state index in [4.69, 9.17) is 5.73 Å². The Balaban J connectivity index is 2.17. The smallest absolute Gasteiger partial charge is 0.194 e. The van der Waals surface area contributed by atoms with Crippen LogP contribution in [0.3, 0.4) is 0 Å². The maximum Gasteiger partial charge on any atom is 0.194 e. The van der Waals surface area contributed by atoms with Gasteiger partial charge in [0, 0.05) is 5.92 Å². The molecule has 0 radical (unpaired) electrons. The second-order valence-corrected chi connectivity index (χ2v) is 4.05. The number of aromatic nitrogens is 3. The van der Waals surface area contributed by atoms with Gasteiger partial charge in [0.2, 0.25) is 0 Å². The normalized spacial score (nSPS) is 15.6. The molecular weight excluding hydrogens is 204 g/mol. The molecule has 1 fully saturated rings. The second-order valence-electron chi connectivity index (χ2n) is 4.05. The Morgan fingerprint density at radius 3 is 3.00 bits per heavy atom. The van der Waals surface area contributed by atoms with E-state index in [0.717, 1.165) is 24.3 Å². The summed E-state index contributed by atoms with van der Waals surface area (Å²) in [5.74, 6) is 1.22. The van der Waals surface area contributed by atoms with E-state index in [1.807, 2.05) is 12.1 Å². The van der Waals surface area contributed by atoms with Gasteiger partial charge in [-0.2, -0.15) is 5.10 Å². The molecule has 0 unspecified atom stereocenters. The molecule has 0 amide bonds. The fourth-order valence-corrected chi connectivity index (χ4v) is 1.75. The summed E-state index contributed by atoms with van der Waals surface area (Å²) in [7, 11) is 0. The number of Topliss-reactive ketones (excluding diaryl/α,β-unsaturated/α-hetero) is 1. The van der Waals surface area contributed by atoms with Gasteiger partial charge in [-0.25, -0.2) is 9.50 Å². The van der Waals surface area contributed by atoms with Gasteiger partial charge >= 0.3 is 0 Å². The molecule has 0 atom stereocenters. The quantitative estimate of drug-likeness (QED) is 0.768. The Kier molecular flexibility index (Phi) is 2.00. The van der Waals surface area contributed by atoms with Crippen LogP contribution < -0.4 is 5.73 Å². The van der Waals surface area contributed by atoms with E-state index in [2.05, 4.69) is 10.1 Å². The molecule has 2 N–H and O–H groups in total. The number of carbonyl (C=O) groups is 1. The van der Waals surface area contributed by atoms with Gasteiger partial charge in [-0.3, -0.25) is 4.79 Å². The molecule has 0 spiro atoms. The summed E-state index contributed by atoms with van der Waals surface area (Å²) in [6, 6.07) is 5.39. The number of nitrogens with zero attached hydrogens (tertiary/aromatic N) is 3. The van der Waals surface area contributed by atoms with Crippen molar-refractivity contribution in [3.05, 3.63) is 29.7 Å². The van der Waals surface area contributed by atoms with Crippen LogP contribution >= 0.6 is 0 Å². The highest BCUT2D eigenvalue weighted by molar-refractivity contribution is 5.96. The summed E-state index contributed by atoms with van der Waals surface area (Å²) in [6.45, 7) is -0.00225. The largest absolute Gasteiger partial charge is 0.324 e. The summed E-state index contributed by atoms with van der Waals surface area (Å²) in [6.07, 6.45) is 2.30. The van der Waals surface area contributed by atoms with Crippen molar-refractivity contribution in [3.8, 4) is 0 Å². The van der Waals surface area contributed by atoms with Crippen LogP contribution in [0.4, 0.5) is 0 Å². The molecule has 0 bridgehead atoms. The van der Waals surface area contributed by atoms with Gasteiger partial charge in [-0.05, 0) is 25.0 Å². The molecule has 2 heterocycles. The lowest BCUT2D eigenvalue weighted by Crippen LogP contribution is -2.17. The molecule has 2 aromatic rings. The molecule has 82 valence electrons. The minimum absolute atomic E-state index is 0.00225. The van der Waals surface area contributed by atoms with Crippen molar-refractivity contribution in [2.45, 2.75) is 18.8 Å². The van der Waals surface area contributed by atoms with Crippen molar-refractivity contribution in [3.63, 3.8) is 0 Å². The lowest BCUT2D eigenvalue weighted by atomic mass is 10.2. The first-order valence-electron chi connectivity index (χ1n) is 5.38. The summed E-state index contributed by atoms with van der Waals surface area (Å²) in [4.78, 5) is 16.0. The highest BCUT2D eigenvalue weighted by Gasteiger charge is 2.28. The van der Waals surface area contributed by atoms with Crippen molar-refractivity contribution < 1.29 is 4.79 Å². The lowest BCUT2D eigenvalue weighted by Gasteiger charge is -1.99. The third-order valence-electron chi connectivity index (χ3n) is 2.79. The third kappa shape index (κ3) is 1.40. The highest BCUT2D eigenvalue weighted by atomic mass is 16.1. The van der Waals surface area contributed by atoms with Gasteiger partial charge < -0.3 is 5.73 Å². The number of carbonyl (C=O) groups excluding carboxylic acids is 1. The number of ketones is 1. The Bertz CT molecular complexity index is 556. The molecule has 16 heavy (non-hydrogen) atoms. The van der Waals surface area contributed by atoms with Crippen LogP contribution in [0.25, 0.3) is 5.65 Å². The maximum absolute atomic E-state index is 11.6. The van der Waals surface area contributed by atoms with Gasteiger partial charge in [0.25, 0.3) is 0 Å².